The zero-order valence-corrected chi connectivity index (χ0v) is 10.2. The van der Waals surface area contributed by atoms with Crippen LogP contribution >= 0.6 is 0 Å². The zero-order chi connectivity index (χ0) is 13.0. The van der Waals surface area contributed by atoms with Crippen LogP contribution in [-0.4, -0.2) is 23.1 Å². The van der Waals surface area contributed by atoms with Gasteiger partial charge in [0.15, 0.2) is 0 Å². The molecule has 92 valence electrons. The number of fused-ring (bicyclic) bond motifs is 1. The largest absolute Gasteiger partial charge is 0.399 e. The molecule has 1 heterocycles. The van der Waals surface area contributed by atoms with Gasteiger partial charge in [0.1, 0.15) is 12.1 Å². The summed E-state index contributed by atoms with van der Waals surface area (Å²) in [7, 11) is 0. The van der Waals surface area contributed by atoms with Crippen molar-refractivity contribution in [2.24, 2.45) is 0 Å². The average molecular weight is 240 g/mol. The van der Waals surface area contributed by atoms with Gasteiger partial charge in [0.05, 0.1) is 5.52 Å². The van der Waals surface area contributed by atoms with E-state index in [1.54, 1.807) is 6.33 Å². The molecule has 0 unspecified atom stereocenters. The SMILES string of the molecule is C=CCN(CC=C)c1ncnc2ccc(N)cc12. The van der Waals surface area contributed by atoms with Crippen LogP contribution in [0.15, 0.2) is 49.8 Å². The highest BCUT2D eigenvalue weighted by Gasteiger charge is 2.10. The maximum Gasteiger partial charge on any atom is 0.140 e. The number of benzene rings is 1. The molecule has 0 saturated carbocycles. The van der Waals surface area contributed by atoms with E-state index in [-0.39, 0.29) is 0 Å². The van der Waals surface area contributed by atoms with E-state index in [1.807, 2.05) is 30.4 Å². The molecule has 0 atom stereocenters. The lowest BCUT2D eigenvalue weighted by Crippen LogP contribution is -2.24. The molecule has 18 heavy (non-hydrogen) atoms. The van der Waals surface area contributed by atoms with E-state index in [2.05, 4.69) is 28.0 Å². The molecule has 4 heteroatoms. The van der Waals surface area contributed by atoms with Crippen LogP contribution in [0.2, 0.25) is 0 Å². The first-order valence-electron chi connectivity index (χ1n) is 5.73. The lowest BCUT2D eigenvalue weighted by molar-refractivity contribution is 0.928. The van der Waals surface area contributed by atoms with Crippen molar-refractivity contribution in [3.8, 4) is 0 Å². The summed E-state index contributed by atoms with van der Waals surface area (Å²) in [5.74, 6) is 0.854. The summed E-state index contributed by atoms with van der Waals surface area (Å²) in [6.07, 6.45) is 5.24. The van der Waals surface area contributed by atoms with Crippen LogP contribution in [0.25, 0.3) is 10.9 Å². The van der Waals surface area contributed by atoms with Crippen molar-refractivity contribution in [3.63, 3.8) is 0 Å². The van der Waals surface area contributed by atoms with E-state index in [9.17, 15) is 0 Å². The van der Waals surface area contributed by atoms with Crippen molar-refractivity contribution in [3.05, 3.63) is 49.8 Å². The van der Waals surface area contributed by atoms with Gasteiger partial charge in [0.25, 0.3) is 0 Å². The molecular weight excluding hydrogens is 224 g/mol. The van der Waals surface area contributed by atoms with Crippen LogP contribution in [0.1, 0.15) is 0 Å². The second-order valence-corrected chi connectivity index (χ2v) is 3.96. The van der Waals surface area contributed by atoms with Gasteiger partial charge in [-0.25, -0.2) is 9.97 Å². The fourth-order valence-electron chi connectivity index (χ4n) is 1.87. The van der Waals surface area contributed by atoms with Gasteiger partial charge in [-0.1, -0.05) is 12.2 Å². The van der Waals surface area contributed by atoms with Crippen molar-refractivity contribution in [1.29, 1.82) is 0 Å². The van der Waals surface area contributed by atoms with Crippen molar-refractivity contribution >= 4 is 22.4 Å². The molecule has 1 aromatic heterocycles. The number of hydrogen-bond acceptors (Lipinski definition) is 4. The maximum atomic E-state index is 5.83. The molecule has 0 amide bonds. The topological polar surface area (TPSA) is 55.0 Å². The summed E-state index contributed by atoms with van der Waals surface area (Å²) >= 11 is 0. The van der Waals surface area contributed by atoms with E-state index < -0.39 is 0 Å². The van der Waals surface area contributed by atoms with Gasteiger partial charge in [0.2, 0.25) is 0 Å². The van der Waals surface area contributed by atoms with E-state index in [0.717, 1.165) is 16.7 Å². The molecule has 0 fully saturated rings. The third-order valence-electron chi connectivity index (χ3n) is 2.64. The highest BCUT2D eigenvalue weighted by Crippen LogP contribution is 2.24. The van der Waals surface area contributed by atoms with Crippen LogP contribution in [-0.2, 0) is 0 Å². The average Bonchev–Trinajstić information content (AvgIpc) is 2.38. The standard InChI is InChI=1S/C14H16N4/c1-3-7-18(8-4-2)14-12-9-11(15)5-6-13(12)16-10-17-14/h3-6,9-10H,1-2,7-8,15H2. The predicted octanol–water partition coefficient (Wildman–Crippen LogP) is 2.39. The van der Waals surface area contributed by atoms with Crippen LogP contribution in [0.3, 0.4) is 0 Å². The summed E-state index contributed by atoms with van der Waals surface area (Å²) in [6.45, 7) is 8.93. The molecule has 0 aliphatic rings. The summed E-state index contributed by atoms with van der Waals surface area (Å²) < 4.78 is 0. The first-order valence-corrected chi connectivity index (χ1v) is 5.73. The highest BCUT2D eigenvalue weighted by molar-refractivity contribution is 5.91. The lowest BCUT2D eigenvalue weighted by Gasteiger charge is -2.21. The number of anilines is 2. The number of nitrogen functional groups attached to an aromatic ring is 1. The Morgan fingerprint density at radius 1 is 1.17 bits per heavy atom. The first kappa shape index (κ1) is 12.1. The molecule has 0 spiro atoms. The minimum absolute atomic E-state index is 0.701. The monoisotopic (exact) mass is 240 g/mol. The molecule has 2 N–H and O–H groups in total. The maximum absolute atomic E-state index is 5.83. The fraction of sp³-hybridized carbons (Fsp3) is 0.143. The minimum Gasteiger partial charge on any atom is -0.399 e. The van der Waals surface area contributed by atoms with Gasteiger partial charge in [-0.05, 0) is 18.2 Å². The smallest absolute Gasteiger partial charge is 0.140 e. The third-order valence-corrected chi connectivity index (χ3v) is 2.64. The Hall–Kier alpha value is -2.36. The number of nitrogens with zero attached hydrogens (tertiary/aromatic N) is 3. The van der Waals surface area contributed by atoms with Gasteiger partial charge < -0.3 is 10.6 Å². The van der Waals surface area contributed by atoms with Crippen molar-refractivity contribution in [2.45, 2.75) is 0 Å². The highest BCUT2D eigenvalue weighted by atomic mass is 15.2. The van der Waals surface area contributed by atoms with Crippen molar-refractivity contribution in [1.82, 2.24) is 9.97 Å². The minimum atomic E-state index is 0.701. The molecule has 0 saturated heterocycles. The molecule has 0 aliphatic heterocycles. The quantitative estimate of drug-likeness (QED) is 0.644. The number of rotatable bonds is 5. The Morgan fingerprint density at radius 2 is 1.89 bits per heavy atom. The Labute approximate surface area is 106 Å². The van der Waals surface area contributed by atoms with Gasteiger partial charge in [0, 0.05) is 24.2 Å². The molecule has 0 aliphatic carbocycles. The normalized spacial score (nSPS) is 10.2. The number of nitrogens with two attached hydrogens (primary N) is 1. The van der Waals surface area contributed by atoms with Crippen molar-refractivity contribution < 1.29 is 0 Å². The van der Waals surface area contributed by atoms with Crippen LogP contribution in [0, 0.1) is 0 Å². The molecule has 0 bridgehead atoms. The van der Waals surface area contributed by atoms with Gasteiger partial charge in [-0.3, -0.25) is 0 Å². The summed E-state index contributed by atoms with van der Waals surface area (Å²) in [4.78, 5) is 10.7. The Bertz CT molecular complexity index is 567. The molecular formula is C14H16N4. The molecule has 2 rings (SSSR count). The van der Waals surface area contributed by atoms with E-state index >= 15 is 0 Å². The zero-order valence-electron chi connectivity index (χ0n) is 10.2. The Kier molecular flexibility index (Phi) is 3.57. The van der Waals surface area contributed by atoms with Crippen molar-refractivity contribution in [2.75, 3.05) is 23.7 Å². The lowest BCUT2D eigenvalue weighted by atomic mass is 10.2. The Morgan fingerprint density at radius 3 is 2.56 bits per heavy atom. The van der Waals surface area contributed by atoms with E-state index in [1.165, 1.54) is 0 Å². The first-order chi connectivity index (χ1) is 8.76. The molecule has 0 radical (unpaired) electrons. The summed E-state index contributed by atoms with van der Waals surface area (Å²) in [5, 5.41) is 0.946. The van der Waals surface area contributed by atoms with Crippen LogP contribution < -0.4 is 10.6 Å². The summed E-state index contributed by atoms with van der Waals surface area (Å²) in [5.41, 5.74) is 7.41. The van der Waals surface area contributed by atoms with Gasteiger partial charge in [-0.2, -0.15) is 0 Å². The van der Waals surface area contributed by atoms with Gasteiger partial charge >= 0.3 is 0 Å². The van der Waals surface area contributed by atoms with Crippen LogP contribution in [0.4, 0.5) is 11.5 Å². The van der Waals surface area contributed by atoms with Crippen LogP contribution in [0.5, 0.6) is 0 Å². The Balaban J connectivity index is 2.56. The second-order valence-electron chi connectivity index (χ2n) is 3.96. The second kappa shape index (κ2) is 5.31. The van der Waals surface area contributed by atoms with Gasteiger partial charge in [-0.15, -0.1) is 13.2 Å². The molecule has 1 aromatic carbocycles. The fourth-order valence-corrected chi connectivity index (χ4v) is 1.87. The third kappa shape index (κ3) is 2.32. The number of hydrogen-bond donors (Lipinski definition) is 1. The summed E-state index contributed by atoms with van der Waals surface area (Å²) in [6, 6.07) is 5.63. The predicted molar refractivity (Wildman–Crippen MR) is 76.6 cm³/mol. The molecule has 4 nitrogen and oxygen atoms in total. The number of aromatic nitrogens is 2. The van der Waals surface area contributed by atoms with E-state index in [0.29, 0.717) is 18.8 Å². The van der Waals surface area contributed by atoms with E-state index in [4.69, 9.17) is 5.73 Å². The molecule has 2 aromatic rings.